The summed E-state index contributed by atoms with van der Waals surface area (Å²) in [4.78, 5) is 14.0. The van der Waals surface area contributed by atoms with Crippen LogP contribution in [-0.4, -0.2) is 33.7 Å². The zero-order valence-electron chi connectivity index (χ0n) is 11.9. The van der Waals surface area contributed by atoms with E-state index in [4.69, 9.17) is 0 Å². The van der Waals surface area contributed by atoms with Crippen molar-refractivity contribution < 1.29 is 9.18 Å². The number of amides is 1. The van der Waals surface area contributed by atoms with E-state index >= 15 is 0 Å². The lowest BCUT2D eigenvalue weighted by Crippen LogP contribution is -2.30. The monoisotopic (exact) mass is 275 g/mol. The largest absolute Gasteiger partial charge is 0.338 e. The molecule has 1 aromatic carbocycles. The third-order valence-corrected chi connectivity index (χ3v) is 3.23. The Bertz CT molecular complexity index is 600. The summed E-state index contributed by atoms with van der Waals surface area (Å²) in [6.07, 6.45) is 0. The fourth-order valence-electron chi connectivity index (χ4n) is 2.10. The fraction of sp³-hybridized carbons (Fsp3) is 0.333. The molecule has 0 saturated carbocycles. The van der Waals surface area contributed by atoms with Crippen LogP contribution in [0, 0.1) is 12.7 Å². The van der Waals surface area contributed by atoms with Gasteiger partial charge in [-0.05, 0) is 51.1 Å². The van der Waals surface area contributed by atoms with E-state index in [9.17, 15) is 9.18 Å². The normalized spacial score (nSPS) is 10.6. The van der Waals surface area contributed by atoms with Crippen LogP contribution in [0.15, 0.2) is 30.3 Å². The van der Waals surface area contributed by atoms with Gasteiger partial charge in [0.25, 0.3) is 5.91 Å². The Kier molecular flexibility index (Phi) is 4.17. The summed E-state index contributed by atoms with van der Waals surface area (Å²) >= 11 is 0. The van der Waals surface area contributed by atoms with E-state index in [0.717, 1.165) is 11.4 Å². The van der Waals surface area contributed by atoms with E-state index < -0.39 is 0 Å². The molecule has 0 aliphatic rings. The SMILES string of the molecule is CCN(CC)C(=O)c1cc(C)n(-c2ccc(F)cc2)n1. The second-order valence-corrected chi connectivity index (χ2v) is 4.54. The first kappa shape index (κ1) is 14.2. The van der Waals surface area contributed by atoms with Crippen molar-refractivity contribution in [2.75, 3.05) is 13.1 Å². The van der Waals surface area contributed by atoms with Gasteiger partial charge < -0.3 is 4.90 Å². The number of halogens is 1. The van der Waals surface area contributed by atoms with Gasteiger partial charge in [0.15, 0.2) is 5.69 Å². The number of aromatic nitrogens is 2. The molecule has 1 amide bonds. The molecule has 0 radical (unpaired) electrons. The predicted molar refractivity (Wildman–Crippen MR) is 75.5 cm³/mol. The number of carbonyl (C=O) groups is 1. The molecule has 0 aliphatic heterocycles. The lowest BCUT2D eigenvalue weighted by molar-refractivity contribution is 0.0766. The fourth-order valence-corrected chi connectivity index (χ4v) is 2.10. The summed E-state index contributed by atoms with van der Waals surface area (Å²) in [7, 11) is 0. The number of benzene rings is 1. The second kappa shape index (κ2) is 5.86. The van der Waals surface area contributed by atoms with E-state index in [2.05, 4.69) is 5.10 Å². The number of hydrogen-bond donors (Lipinski definition) is 0. The summed E-state index contributed by atoms with van der Waals surface area (Å²) in [5, 5.41) is 4.33. The number of nitrogens with zero attached hydrogens (tertiary/aromatic N) is 3. The van der Waals surface area contributed by atoms with Gasteiger partial charge >= 0.3 is 0 Å². The second-order valence-electron chi connectivity index (χ2n) is 4.54. The molecule has 0 unspecified atom stereocenters. The van der Waals surface area contributed by atoms with Crippen molar-refractivity contribution in [3.05, 3.63) is 47.5 Å². The summed E-state index contributed by atoms with van der Waals surface area (Å²) in [6, 6.07) is 7.79. The van der Waals surface area contributed by atoms with E-state index in [-0.39, 0.29) is 11.7 Å². The number of carbonyl (C=O) groups excluding carboxylic acids is 1. The van der Waals surface area contributed by atoms with Crippen LogP contribution in [-0.2, 0) is 0 Å². The highest BCUT2D eigenvalue weighted by Crippen LogP contribution is 2.14. The van der Waals surface area contributed by atoms with Gasteiger partial charge in [0.2, 0.25) is 0 Å². The van der Waals surface area contributed by atoms with Crippen LogP contribution in [0.4, 0.5) is 4.39 Å². The maximum Gasteiger partial charge on any atom is 0.274 e. The highest BCUT2D eigenvalue weighted by Gasteiger charge is 2.17. The third kappa shape index (κ3) is 2.71. The quantitative estimate of drug-likeness (QED) is 0.860. The Morgan fingerprint density at radius 3 is 2.40 bits per heavy atom. The topological polar surface area (TPSA) is 38.1 Å². The van der Waals surface area contributed by atoms with Gasteiger partial charge in [0, 0.05) is 18.8 Å². The third-order valence-electron chi connectivity index (χ3n) is 3.23. The van der Waals surface area contributed by atoms with Gasteiger partial charge in [-0.1, -0.05) is 0 Å². The molecule has 0 fully saturated rings. The summed E-state index contributed by atoms with van der Waals surface area (Å²) in [5.74, 6) is -0.378. The predicted octanol–water partition coefficient (Wildman–Crippen LogP) is 2.80. The first-order chi connectivity index (χ1) is 9.56. The van der Waals surface area contributed by atoms with E-state index in [1.807, 2.05) is 20.8 Å². The Labute approximate surface area is 117 Å². The van der Waals surface area contributed by atoms with Gasteiger partial charge in [-0.25, -0.2) is 9.07 Å². The molecule has 0 atom stereocenters. The van der Waals surface area contributed by atoms with Crippen LogP contribution in [0.2, 0.25) is 0 Å². The van der Waals surface area contributed by atoms with Crippen molar-refractivity contribution in [2.24, 2.45) is 0 Å². The van der Waals surface area contributed by atoms with E-state index in [0.29, 0.717) is 18.8 Å². The Morgan fingerprint density at radius 1 is 1.25 bits per heavy atom. The van der Waals surface area contributed by atoms with E-state index in [1.54, 1.807) is 27.8 Å². The van der Waals surface area contributed by atoms with Crippen LogP contribution in [0.1, 0.15) is 30.0 Å². The van der Waals surface area contributed by atoms with Gasteiger partial charge in [-0.15, -0.1) is 0 Å². The Hall–Kier alpha value is -2.17. The standard InChI is InChI=1S/C15H18FN3O/c1-4-18(5-2)15(20)14-10-11(3)19(17-14)13-8-6-12(16)7-9-13/h6-10H,4-5H2,1-3H3. The molecule has 4 nitrogen and oxygen atoms in total. The summed E-state index contributed by atoms with van der Waals surface area (Å²) in [6.45, 7) is 7.04. The van der Waals surface area contributed by atoms with Crippen molar-refractivity contribution in [1.82, 2.24) is 14.7 Å². The molecule has 0 aliphatic carbocycles. The van der Waals surface area contributed by atoms with Crippen molar-refractivity contribution >= 4 is 5.91 Å². The zero-order chi connectivity index (χ0) is 14.7. The Morgan fingerprint density at radius 2 is 1.85 bits per heavy atom. The minimum absolute atomic E-state index is 0.0843. The highest BCUT2D eigenvalue weighted by molar-refractivity contribution is 5.92. The highest BCUT2D eigenvalue weighted by atomic mass is 19.1. The van der Waals surface area contributed by atoms with Crippen LogP contribution < -0.4 is 0 Å². The van der Waals surface area contributed by atoms with Crippen LogP contribution in [0.3, 0.4) is 0 Å². The molecule has 5 heteroatoms. The number of rotatable bonds is 4. The molecule has 20 heavy (non-hydrogen) atoms. The molecule has 106 valence electrons. The van der Waals surface area contributed by atoms with Gasteiger partial charge in [0.1, 0.15) is 5.82 Å². The van der Waals surface area contributed by atoms with Gasteiger partial charge in [-0.3, -0.25) is 4.79 Å². The molecule has 0 spiro atoms. The molecule has 2 aromatic rings. The minimum atomic E-state index is -0.294. The number of aryl methyl sites for hydroxylation is 1. The first-order valence-electron chi connectivity index (χ1n) is 6.68. The van der Waals surface area contributed by atoms with Crippen LogP contribution in [0.5, 0.6) is 0 Å². The van der Waals surface area contributed by atoms with Crippen LogP contribution >= 0.6 is 0 Å². The molecule has 1 heterocycles. The lowest BCUT2D eigenvalue weighted by Gasteiger charge is -2.16. The van der Waals surface area contributed by atoms with Gasteiger partial charge in [-0.2, -0.15) is 5.10 Å². The van der Waals surface area contributed by atoms with Crippen molar-refractivity contribution in [1.29, 1.82) is 0 Å². The van der Waals surface area contributed by atoms with Crippen LogP contribution in [0.25, 0.3) is 5.69 Å². The van der Waals surface area contributed by atoms with Crippen molar-refractivity contribution in [2.45, 2.75) is 20.8 Å². The van der Waals surface area contributed by atoms with Crippen molar-refractivity contribution in [3.63, 3.8) is 0 Å². The molecular formula is C15H18FN3O. The molecule has 0 bridgehead atoms. The smallest absolute Gasteiger partial charge is 0.274 e. The molecule has 0 N–H and O–H groups in total. The van der Waals surface area contributed by atoms with Crippen molar-refractivity contribution in [3.8, 4) is 5.69 Å². The average Bonchev–Trinajstić information content (AvgIpc) is 2.83. The minimum Gasteiger partial charge on any atom is -0.338 e. The van der Waals surface area contributed by atoms with Gasteiger partial charge in [0.05, 0.1) is 5.69 Å². The lowest BCUT2D eigenvalue weighted by atomic mass is 10.3. The summed E-state index contributed by atoms with van der Waals surface area (Å²) in [5.41, 5.74) is 1.99. The maximum absolute atomic E-state index is 12.9. The first-order valence-corrected chi connectivity index (χ1v) is 6.68. The maximum atomic E-state index is 12.9. The van der Waals surface area contributed by atoms with E-state index in [1.165, 1.54) is 12.1 Å². The zero-order valence-corrected chi connectivity index (χ0v) is 11.9. The molecule has 1 aromatic heterocycles. The average molecular weight is 275 g/mol. The molecule has 0 saturated heterocycles. The molecular weight excluding hydrogens is 257 g/mol. The summed E-state index contributed by atoms with van der Waals surface area (Å²) < 4.78 is 14.6. The molecule has 2 rings (SSSR count). The Balaban J connectivity index is 2.34. The number of hydrogen-bond acceptors (Lipinski definition) is 2.